The minimum absolute atomic E-state index is 0.113. The van der Waals surface area contributed by atoms with Gasteiger partial charge in [-0.15, -0.1) is 0 Å². The highest BCUT2D eigenvalue weighted by molar-refractivity contribution is 5.98. The number of likely N-dealkylation sites (tertiary alicyclic amines) is 1. The molecule has 11 nitrogen and oxygen atoms in total. The second-order valence-corrected chi connectivity index (χ2v) is 12.9. The number of amides is 3. The Hall–Kier alpha value is -3.63. The molecule has 0 aliphatic carbocycles. The summed E-state index contributed by atoms with van der Waals surface area (Å²) < 4.78 is 11.0. The van der Waals surface area contributed by atoms with Crippen LogP contribution in [0.2, 0.25) is 0 Å². The number of aromatic nitrogens is 2. The molecule has 0 aromatic carbocycles. The summed E-state index contributed by atoms with van der Waals surface area (Å²) >= 11 is 0. The summed E-state index contributed by atoms with van der Waals surface area (Å²) in [6.07, 6.45) is 2.93. The van der Waals surface area contributed by atoms with Crippen LogP contribution in [0.1, 0.15) is 83.8 Å². The minimum Gasteiger partial charge on any atom is -0.467 e. The van der Waals surface area contributed by atoms with Gasteiger partial charge in [0.2, 0.25) is 5.91 Å². The minimum atomic E-state index is -0.708. The van der Waals surface area contributed by atoms with Crippen molar-refractivity contribution in [3.8, 4) is 0 Å². The zero-order chi connectivity index (χ0) is 29.8. The van der Waals surface area contributed by atoms with Gasteiger partial charge in [0.15, 0.2) is 0 Å². The van der Waals surface area contributed by atoms with Gasteiger partial charge in [-0.05, 0) is 45.2 Å². The van der Waals surface area contributed by atoms with Crippen molar-refractivity contribution in [1.29, 1.82) is 0 Å². The largest absolute Gasteiger partial charge is 0.467 e. The summed E-state index contributed by atoms with van der Waals surface area (Å²) in [5, 5.41) is 3.25. The molecule has 2 aromatic rings. The molecule has 11 heteroatoms. The Kier molecular flexibility index (Phi) is 9.48. The third-order valence-corrected chi connectivity index (χ3v) is 6.45. The van der Waals surface area contributed by atoms with E-state index in [1.165, 1.54) is 4.90 Å². The Balaban J connectivity index is 1.99. The molecule has 0 bridgehead atoms. The van der Waals surface area contributed by atoms with E-state index in [4.69, 9.17) is 19.9 Å². The molecule has 1 fully saturated rings. The third-order valence-electron chi connectivity index (χ3n) is 6.45. The number of furan rings is 1. The fourth-order valence-corrected chi connectivity index (χ4v) is 4.54. The van der Waals surface area contributed by atoms with Crippen LogP contribution in [0, 0.1) is 11.8 Å². The van der Waals surface area contributed by atoms with Gasteiger partial charge in [0.25, 0.3) is 5.91 Å². The Morgan fingerprint density at radius 2 is 1.90 bits per heavy atom. The molecule has 1 aliphatic heterocycles. The van der Waals surface area contributed by atoms with E-state index in [1.54, 1.807) is 44.2 Å². The van der Waals surface area contributed by atoms with Crippen LogP contribution >= 0.6 is 0 Å². The molecule has 3 rings (SSSR count). The molecule has 1 aliphatic rings. The third kappa shape index (κ3) is 8.19. The van der Waals surface area contributed by atoms with E-state index in [1.807, 2.05) is 40.7 Å². The van der Waals surface area contributed by atoms with Crippen molar-refractivity contribution in [3.05, 3.63) is 41.7 Å². The molecule has 2 aromatic heterocycles. The van der Waals surface area contributed by atoms with E-state index < -0.39 is 29.6 Å². The number of nitrogens with one attached hydrogen (secondary N) is 1. The van der Waals surface area contributed by atoms with Gasteiger partial charge >= 0.3 is 6.09 Å². The van der Waals surface area contributed by atoms with Crippen LogP contribution in [0.25, 0.3) is 0 Å². The molecule has 0 saturated carbocycles. The number of hydrogen-bond acceptors (Lipinski definition) is 8. The Bertz CT molecular complexity index is 1180. The molecule has 220 valence electrons. The zero-order valence-corrected chi connectivity index (χ0v) is 25.0. The fourth-order valence-electron chi connectivity index (χ4n) is 4.54. The Labute approximate surface area is 236 Å². The predicted molar refractivity (Wildman–Crippen MR) is 152 cm³/mol. The second kappa shape index (κ2) is 12.3. The lowest BCUT2D eigenvalue weighted by molar-refractivity contribution is -0.124. The van der Waals surface area contributed by atoms with E-state index in [0.29, 0.717) is 42.5 Å². The van der Waals surface area contributed by atoms with E-state index >= 15 is 0 Å². The van der Waals surface area contributed by atoms with Crippen LogP contribution in [0.3, 0.4) is 0 Å². The number of carbonyl (C=O) groups excluding carboxylic acids is 3. The van der Waals surface area contributed by atoms with Crippen LogP contribution in [0.5, 0.6) is 0 Å². The predicted octanol–water partition coefficient (Wildman–Crippen LogP) is 4.19. The zero-order valence-electron chi connectivity index (χ0n) is 25.0. The van der Waals surface area contributed by atoms with E-state index in [0.717, 1.165) is 0 Å². The average molecular weight is 557 g/mol. The molecule has 3 heterocycles. The number of hydrogen-bond donors (Lipinski definition) is 2. The van der Waals surface area contributed by atoms with E-state index in [9.17, 15) is 14.4 Å². The van der Waals surface area contributed by atoms with Crippen molar-refractivity contribution >= 4 is 23.7 Å². The maximum absolute atomic E-state index is 14.2. The first-order valence-electron chi connectivity index (χ1n) is 13.8. The Morgan fingerprint density at radius 3 is 2.45 bits per heavy atom. The van der Waals surface area contributed by atoms with Gasteiger partial charge in [0.05, 0.1) is 24.8 Å². The molecule has 2 atom stereocenters. The first-order valence-corrected chi connectivity index (χ1v) is 13.8. The van der Waals surface area contributed by atoms with Gasteiger partial charge in [-0.3, -0.25) is 9.59 Å². The first-order chi connectivity index (χ1) is 18.5. The van der Waals surface area contributed by atoms with E-state index in [-0.39, 0.29) is 30.3 Å². The fraction of sp³-hybridized carbons (Fsp3) is 0.621. The van der Waals surface area contributed by atoms with Crippen LogP contribution in [-0.4, -0.2) is 69.0 Å². The molecule has 1 unspecified atom stereocenters. The molecular weight excluding hydrogens is 512 g/mol. The monoisotopic (exact) mass is 556 g/mol. The molecule has 0 radical (unpaired) electrons. The lowest BCUT2D eigenvalue weighted by Gasteiger charge is -2.42. The van der Waals surface area contributed by atoms with Gasteiger partial charge in [-0.1, -0.05) is 34.6 Å². The quantitative estimate of drug-likeness (QED) is 0.493. The van der Waals surface area contributed by atoms with Crippen LogP contribution < -0.4 is 11.1 Å². The van der Waals surface area contributed by atoms with Crippen LogP contribution in [-0.2, 0) is 21.5 Å². The summed E-state index contributed by atoms with van der Waals surface area (Å²) in [7, 11) is 0. The van der Waals surface area contributed by atoms with Crippen molar-refractivity contribution in [1.82, 2.24) is 19.8 Å². The number of ether oxygens (including phenoxy) is 1. The molecule has 1 saturated heterocycles. The number of rotatable bonds is 8. The van der Waals surface area contributed by atoms with Gasteiger partial charge in [0.1, 0.15) is 28.6 Å². The lowest BCUT2D eigenvalue weighted by atomic mass is 9.91. The average Bonchev–Trinajstić information content (AvgIpc) is 3.37. The van der Waals surface area contributed by atoms with Crippen molar-refractivity contribution in [2.24, 2.45) is 17.6 Å². The van der Waals surface area contributed by atoms with Crippen LogP contribution in [0.15, 0.2) is 29.0 Å². The normalized spacial score (nSPS) is 18.0. The maximum Gasteiger partial charge on any atom is 0.410 e. The SMILES string of the molecule is CC(C)CN(C(=O)c1cnc(C(C)(C)C)nc1NCc1ccco1)C1C[C@@H](C(N)=O)CN(C(=O)OC(C)(C)C)C1. The molecule has 40 heavy (non-hydrogen) atoms. The number of piperidine rings is 1. The summed E-state index contributed by atoms with van der Waals surface area (Å²) in [5.74, 6) is 0.347. The molecular formula is C29H44N6O5. The second-order valence-electron chi connectivity index (χ2n) is 12.9. The number of primary amides is 1. The van der Waals surface area contributed by atoms with Gasteiger partial charge in [-0.25, -0.2) is 14.8 Å². The highest BCUT2D eigenvalue weighted by Crippen LogP contribution is 2.28. The van der Waals surface area contributed by atoms with Crippen molar-refractivity contribution in [2.45, 2.75) is 85.4 Å². The molecule has 3 amide bonds. The number of carbonyl (C=O) groups is 3. The number of nitrogens with two attached hydrogens (primary N) is 1. The summed E-state index contributed by atoms with van der Waals surface area (Å²) in [6, 6.07) is 3.17. The highest BCUT2D eigenvalue weighted by atomic mass is 16.6. The van der Waals surface area contributed by atoms with Gasteiger partial charge in [-0.2, -0.15) is 0 Å². The van der Waals surface area contributed by atoms with Crippen LogP contribution in [0.4, 0.5) is 10.6 Å². The van der Waals surface area contributed by atoms with Gasteiger partial charge in [0, 0.05) is 31.2 Å². The van der Waals surface area contributed by atoms with E-state index in [2.05, 4.69) is 10.3 Å². The summed E-state index contributed by atoms with van der Waals surface area (Å²) in [6.45, 7) is 16.5. The van der Waals surface area contributed by atoms with Crippen molar-refractivity contribution in [2.75, 3.05) is 25.0 Å². The Morgan fingerprint density at radius 1 is 1.20 bits per heavy atom. The smallest absolute Gasteiger partial charge is 0.410 e. The topological polar surface area (TPSA) is 144 Å². The molecule has 3 N–H and O–H groups in total. The first kappa shape index (κ1) is 30.9. The van der Waals surface area contributed by atoms with Gasteiger partial charge < -0.3 is 30.0 Å². The standard InChI is InChI=1S/C29H44N6O5/c1-18(2)15-35(20-12-19(23(30)36)16-34(17-20)27(38)40-29(6,7)8)25(37)22-14-32-26(28(3,4)5)33-24(22)31-13-21-10-9-11-39-21/h9-11,14,18-20H,12-13,15-17H2,1-8H3,(H2,30,36)(H,31,32,33)/t19-,20?/m1/s1. The van der Waals surface area contributed by atoms with Crippen molar-refractivity contribution in [3.63, 3.8) is 0 Å². The lowest BCUT2D eigenvalue weighted by Crippen LogP contribution is -2.57. The summed E-state index contributed by atoms with van der Waals surface area (Å²) in [5.41, 5.74) is 4.96. The number of nitrogens with zero attached hydrogens (tertiary/aromatic N) is 4. The maximum atomic E-state index is 14.2. The highest BCUT2D eigenvalue weighted by Gasteiger charge is 2.39. The van der Waals surface area contributed by atoms with Crippen molar-refractivity contribution < 1.29 is 23.5 Å². The molecule has 0 spiro atoms. The number of anilines is 1. The summed E-state index contributed by atoms with van der Waals surface area (Å²) in [4.78, 5) is 52.0.